The van der Waals surface area contributed by atoms with Crippen LogP contribution >= 0.6 is 11.6 Å². The lowest BCUT2D eigenvalue weighted by Gasteiger charge is -2.26. The highest BCUT2D eigenvalue weighted by atomic mass is 35.5. The summed E-state index contributed by atoms with van der Waals surface area (Å²) in [5.74, 6) is 0.832. The highest BCUT2D eigenvalue weighted by molar-refractivity contribution is 6.28. The van der Waals surface area contributed by atoms with Gasteiger partial charge in [0, 0.05) is 0 Å². The topological polar surface area (TPSA) is 39.9 Å². The van der Waals surface area contributed by atoms with Crippen molar-refractivity contribution in [3.63, 3.8) is 0 Å². The molecule has 1 aromatic heterocycles. The number of halogens is 1. The van der Waals surface area contributed by atoms with E-state index in [1.54, 1.807) is 4.68 Å². The van der Waals surface area contributed by atoms with Crippen LogP contribution in [0.3, 0.4) is 0 Å². The lowest BCUT2D eigenvalue weighted by molar-refractivity contribution is 0.305. The average molecular weight is 328 g/mol. The van der Waals surface area contributed by atoms with Gasteiger partial charge in [-0.2, -0.15) is 5.10 Å². The number of nitrogens with zero attached hydrogens (tertiary/aromatic N) is 3. The molecule has 0 saturated carbocycles. The molecule has 0 bridgehead atoms. The van der Waals surface area contributed by atoms with Crippen LogP contribution in [0.15, 0.2) is 60.9 Å². The third kappa shape index (κ3) is 3.37. The van der Waals surface area contributed by atoms with E-state index in [1.807, 2.05) is 68.4 Å². The monoisotopic (exact) mass is 327 g/mol. The Kier molecular flexibility index (Phi) is 4.35. The van der Waals surface area contributed by atoms with Crippen LogP contribution in [0, 0.1) is 0 Å². The first kappa shape index (κ1) is 15.6. The summed E-state index contributed by atoms with van der Waals surface area (Å²) in [7, 11) is 0. The summed E-state index contributed by atoms with van der Waals surface area (Å²) in [6, 6.07) is 18.1. The largest absolute Gasteiger partial charge is 0.489 e. The zero-order valence-corrected chi connectivity index (χ0v) is 13.9. The first-order chi connectivity index (χ1) is 11.1. The molecule has 2 aromatic carbocycles. The molecule has 0 radical (unpaired) electrons. The molecule has 0 aliphatic rings. The number of aromatic nitrogens is 3. The average Bonchev–Trinajstić information content (AvgIpc) is 3.01. The molecule has 118 valence electrons. The maximum absolute atomic E-state index is 6.09. The molecule has 0 unspecified atom stereocenters. The van der Waals surface area contributed by atoms with Crippen LogP contribution < -0.4 is 4.74 Å². The zero-order valence-electron chi connectivity index (χ0n) is 13.1. The Bertz CT molecular complexity index is 766. The highest BCUT2D eigenvalue weighted by Gasteiger charge is 2.26. The van der Waals surface area contributed by atoms with Gasteiger partial charge in [-0.3, -0.25) is 0 Å². The number of hydrogen-bond acceptors (Lipinski definition) is 3. The third-order valence-corrected chi connectivity index (χ3v) is 4.10. The lowest BCUT2D eigenvalue weighted by Crippen LogP contribution is -2.29. The van der Waals surface area contributed by atoms with Gasteiger partial charge in [-0.25, -0.2) is 9.67 Å². The van der Waals surface area contributed by atoms with E-state index in [9.17, 15) is 0 Å². The van der Waals surface area contributed by atoms with Crippen LogP contribution in [0.25, 0.3) is 0 Å². The second-order valence-electron chi connectivity index (χ2n) is 5.80. The van der Waals surface area contributed by atoms with Crippen molar-refractivity contribution in [1.82, 2.24) is 14.8 Å². The minimum Gasteiger partial charge on any atom is -0.489 e. The highest BCUT2D eigenvalue weighted by Crippen LogP contribution is 2.28. The predicted octanol–water partition coefficient (Wildman–Crippen LogP) is 4.29. The molecule has 0 fully saturated rings. The minimum atomic E-state index is -0.383. The molecule has 4 nitrogen and oxygen atoms in total. The first-order valence-corrected chi connectivity index (χ1v) is 7.78. The Morgan fingerprint density at radius 3 is 2.35 bits per heavy atom. The summed E-state index contributed by atoms with van der Waals surface area (Å²) in [5, 5.41) is 4.58. The molecule has 0 atom stereocenters. The predicted molar refractivity (Wildman–Crippen MR) is 90.7 cm³/mol. The maximum atomic E-state index is 6.09. The van der Waals surface area contributed by atoms with Gasteiger partial charge in [-0.1, -0.05) is 42.5 Å². The Hall–Kier alpha value is -2.33. The first-order valence-electron chi connectivity index (χ1n) is 7.40. The summed E-state index contributed by atoms with van der Waals surface area (Å²) in [4.78, 5) is 3.98. The molecular formula is C18H18ClN3O. The van der Waals surface area contributed by atoms with Gasteiger partial charge in [0.15, 0.2) is 0 Å². The van der Waals surface area contributed by atoms with Gasteiger partial charge in [0.1, 0.15) is 18.7 Å². The van der Waals surface area contributed by atoms with E-state index in [-0.39, 0.29) is 5.54 Å². The summed E-state index contributed by atoms with van der Waals surface area (Å²) in [6.45, 7) is 4.65. The van der Waals surface area contributed by atoms with Crippen LogP contribution in [-0.2, 0) is 12.1 Å². The Morgan fingerprint density at radius 1 is 1.04 bits per heavy atom. The van der Waals surface area contributed by atoms with Crippen LogP contribution in [0.5, 0.6) is 5.75 Å². The van der Waals surface area contributed by atoms with Gasteiger partial charge in [-0.15, -0.1) is 0 Å². The molecule has 23 heavy (non-hydrogen) atoms. The zero-order chi connectivity index (χ0) is 16.3. The Morgan fingerprint density at radius 2 is 1.74 bits per heavy atom. The molecule has 0 saturated heterocycles. The van der Waals surface area contributed by atoms with Crippen molar-refractivity contribution < 1.29 is 4.74 Å². The molecule has 5 heteroatoms. The standard InChI is InChI=1S/C18H18ClN3O/c1-18(2,22-17(19)20-13-21-22)15-8-10-16(11-9-15)23-12-14-6-4-3-5-7-14/h3-11,13H,12H2,1-2H3. The van der Waals surface area contributed by atoms with Crippen LogP contribution in [-0.4, -0.2) is 14.8 Å². The summed E-state index contributed by atoms with van der Waals surface area (Å²) >= 11 is 6.09. The summed E-state index contributed by atoms with van der Waals surface area (Å²) < 4.78 is 7.52. The smallest absolute Gasteiger partial charge is 0.221 e. The van der Waals surface area contributed by atoms with Crippen molar-refractivity contribution in [2.24, 2.45) is 0 Å². The maximum Gasteiger partial charge on any atom is 0.221 e. The van der Waals surface area contributed by atoms with Gasteiger partial charge < -0.3 is 4.74 Å². The molecule has 0 N–H and O–H groups in total. The lowest BCUT2D eigenvalue weighted by atomic mass is 9.94. The van der Waals surface area contributed by atoms with Crippen LogP contribution in [0.2, 0.25) is 5.28 Å². The van der Waals surface area contributed by atoms with Gasteiger partial charge >= 0.3 is 0 Å². The van der Waals surface area contributed by atoms with E-state index in [0.717, 1.165) is 16.9 Å². The van der Waals surface area contributed by atoms with Crippen LogP contribution in [0.4, 0.5) is 0 Å². The Labute approximate surface area is 140 Å². The molecule has 3 aromatic rings. The van der Waals surface area contributed by atoms with E-state index < -0.39 is 0 Å². The molecule has 1 heterocycles. The quantitative estimate of drug-likeness (QED) is 0.701. The van der Waals surface area contributed by atoms with Crippen molar-refractivity contribution >= 4 is 11.6 Å². The van der Waals surface area contributed by atoms with E-state index in [4.69, 9.17) is 16.3 Å². The number of ether oxygens (including phenoxy) is 1. The van der Waals surface area contributed by atoms with E-state index in [1.165, 1.54) is 6.33 Å². The SMILES string of the molecule is CC(C)(c1ccc(OCc2ccccc2)cc1)n1ncnc1Cl. The van der Waals surface area contributed by atoms with Gasteiger partial charge in [0.2, 0.25) is 5.28 Å². The van der Waals surface area contributed by atoms with Crippen molar-refractivity contribution in [1.29, 1.82) is 0 Å². The van der Waals surface area contributed by atoms with Gasteiger partial charge in [-0.05, 0) is 48.7 Å². The minimum absolute atomic E-state index is 0.374. The molecule has 0 aliphatic heterocycles. The van der Waals surface area contributed by atoms with E-state index >= 15 is 0 Å². The van der Waals surface area contributed by atoms with Crippen LogP contribution in [0.1, 0.15) is 25.0 Å². The normalized spacial score (nSPS) is 11.4. The molecule has 3 rings (SSSR count). The molecule has 0 spiro atoms. The number of hydrogen-bond donors (Lipinski definition) is 0. The van der Waals surface area contributed by atoms with Gasteiger partial charge in [0.25, 0.3) is 0 Å². The number of rotatable bonds is 5. The third-order valence-electron chi connectivity index (χ3n) is 3.84. The fraction of sp³-hybridized carbons (Fsp3) is 0.222. The summed E-state index contributed by atoms with van der Waals surface area (Å²) in [6.07, 6.45) is 1.46. The molecule has 0 amide bonds. The molecule has 0 aliphatic carbocycles. The van der Waals surface area contributed by atoms with Gasteiger partial charge in [0.05, 0.1) is 5.54 Å². The van der Waals surface area contributed by atoms with Crippen molar-refractivity contribution in [3.05, 3.63) is 77.3 Å². The number of benzene rings is 2. The second kappa shape index (κ2) is 6.42. The second-order valence-corrected chi connectivity index (χ2v) is 6.14. The van der Waals surface area contributed by atoms with E-state index in [2.05, 4.69) is 10.1 Å². The van der Waals surface area contributed by atoms with Crippen molar-refractivity contribution in [3.8, 4) is 5.75 Å². The fourth-order valence-electron chi connectivity index (χ4n) is 2.42. The molecular weight excluding hydrogens is 310 g/mol. The van der Waals surface area contributed by atoms with Crippen molar-refractivity contribution in [2.45, 2.75) is 26.0 Å². The fourth-order valence-corrected chi connectivity index (χ4v) is 2.72. The Balaban J connectivity index is 1.73. The van der Waals surface area contributed by atoms with E-state index in [0.29, 0.717) is 11.9 Å². The summed E-state index contributed by atoms with van der Waals surface area (Å²) in [5.41, 5.74) is 1.84. The van der Waals surface area contributed by atoms with Crippen molar-refractivity contribution in [2.75, 3.05) is 0 Å².